The Labute approximate surface area is 77.9 Å². The van der Waals surface area contributed by atoms with Crippen molar-refractivity contribution in [3.8, 4) is 5.88 Å². The van der Waals surface area contributed by atoms with E-state index in [1.54, 1.807) is 0 Å². The lowest BCUT2D eigenvalue weighted by atomic mass is 9.96. The highest BCUT2D eigenvalue weighted by molar-refractivity contribution is 5.48. The first-order valence-electron chi connectivity index (χ1n) is 4.65. The van der Waals surface area contributed by atoms with Crippen LogP contribution in [0.25, 0.3) is 0 Å². The zero-order chi connectivity index (χ0) is 9.26. The molecule has 1 aromatic heterocycles. The van der Waals surface area contributed by atoms with E-state index < -0.39 is 0 Å². The molecule has 0 radical (unpaired) electrons. The van der Waals surface area contributed by atoms with Gasteiger partial charge in [-0.3, -0.25) is 0 Å². The maximum atomic E-state index is 5.73. The van der Waals surface area contributed by atoms with Gasteiger partial charge in [-0.25, -0.2) is 4.98 Å². The molecule has 0 saturated heterocycles. The SMILES string of the molecule is Cc1ccc(N)c(OC2CCC2)n1. The van der Waals surface area contributed by atoms with Crippen molar-refractivity contribution in [3.63, 3.8) is 0 Å². The Morgan fingerprint density at radius 2 is 2.23 bits per heavy atom. The minimum Gasteiger partial charge on any atom is -0.473 e. The Balaban J connectivity index is 2.13. The summed E-state index contributed by atoms with van der Waals surface area (Å²) in [6, 6.07) is 3.74. The molecule has 1 aliphatic rings. The minimum absolute atomic E-state index is 0.344. The van der Waals surface area contributed by atoms with Crippen LogP contribution in [0.2, 0.25) is 0 Å². The van der Waals surface area contributed by atoms with Crippen LogP contribution in [0.15, 0.2) is 12.1 Å². The van der Waals surface area contributed by atoms with Crippen LogP contribution in [-0.2, 0) is 0 Å². The van der Waals surface area contributed by atoms with Crippen LogP contribution < -0.4 is 10.5 Å². The van der Waals surface area contributed by atoms with E-state index in [0.29, 0.717) is 17.7 Å². The van der Waals surface area contributed by atoms with Crippen molar-refractivity contribution in [2.24, 2.45) is 0 Å². The zero-order valence-corrected chi connectivity index (χ0v) is 7.79. The lowest BCUT2D eigenvalue weighted by Crippen LogP contribution is -2.25. The van der Waals surface area contributed by atoms with Gasteiger partial charge in [-0.15, -0.1) is 0 Å². The zero-order valence-electron chi connectivity index (χ0n) is 7.79. The molecule has 13 heavy (non-hydrogen) atoms. The van der Waals surface area contributed by atoms with Crippen molar-refractivity contribution in [2.75, 3.05) is 5.73 Å². The number of nitrogen functional groups attached to an aromatic ring is 1. The molecule has 1 fully saturated rings. The van der Waals surface area contributed by atoms with Crippen LogP contribution in [0, 0.1) is 6.92 Å². The van der Waals surface area contributed by atoms with Gasteiger partial charge in [0.15, 0.2) is 0 Å². The summed E-state index contributed by atoms with van der Waals surface area (Å²) in [5, 5.41) is 0. The average Bonchev–Trinajstić information content (AvgIpc) is 2.03. The number of nitrogens with two attached hydrogens (primary N) is 1. The van der Waals surface area contributed by atoms with Gasteiger partial charge < -0.3 is 10.5 Å². The summed E-state index contributed by atoms with van der Waals surface area (Å²) in [6.45, 7) is 1.94. The standard InChI is InChI=1S/C10H14N2O/c1-7-5-6-9(11)10(12-7)13-8-3-2-4-8/h5-6,8H,2-4,11H2,1H3. The maximum absolute atomic E-state index is 5.73. The first kappa shape index (κ1) is 8.35. The smallest absolute Gasteiger partial charge is 0.237 e. The third kappa shape index (κ3) is 1.74. The molecule has 1 aliphatic carbocycles. The van der Waals surface area contributed by atoms with Gasteiger partial charge in [-0.1, -0.05) is 0 Å². The third-order valence-electron chi connectivity index (χ3n) is 2.36. The molecule has 3 heteroatoms. The number of hydrogen-bond acceptors (Lipinski definition) is 3. The minimum atomic E-state index is 0.344. The van der Waals surface area contributed by atoms with Crippen molar-refractivity contribution in [1.29, 1.82) is 0 Å². The third-order valence-corrected chi connectivity index (χ3v) is 2.36. The number of hydrogen-bond donors (Lipinski definition) is 1. The molecule has 70 valence electrons. The second kappa shape index (κ2) is 3.24. The number of rotatable bonds is 2. The molecule has 0 aromatic carbocycles. The lowest BCUT2D eigenvalue weighted by molar-refractivity contribution is 0.115. The first-order chi connectivity index (χ1) is 6.25. The molecule has 1 heterocycles. The normalized spacial score (nSPS) is 16.7. The van der Waals surface area contributed by atoms with Gasteiger partial charge in [0.05, 0.1) is 5.69 Å². The van der Waals surface area contributed by atoms with E-state index in [0.717, 1.165) is 18.5 Å². The van der Waals surface area contributed by atoms with Crippen molar-refractivity contribution < 1.29 is 4.74 Å². The van der Waals surface area contributed by atoms with Gasteiger partial charge in [-0.2, -0.15) is 0 Å². The molecule has 3 nitrogen and oxygen atoms in total. The van der Waals surface area contributed by atoms with E-state index in [-0.39, 0.29) is 0 Å². The molecular weight excluding hydrogens is 164 g/mol. The van der Waals surface area contributed by atoms with E-state index >= 15 is 0 Å². The van der Waals surface area contributed by atoms with E-state index in [1.807, 2.05) is 19.1 Å². The fraction of sp³-hybridized carbons (Fsp3) is 0.500. The summed E-state index contributed by atoms with van der Waals surface area (Å²) < 4.78 is 5.63. The highest BCUT2D eigenvalue weighted by atomic mass is 16.5. The van der Waals surface area contributed by atoms with Gasteiger partial charge in [0.25, 0.3) is 0 Å². The molecule has 1 saturated carbocycles. The summed E-state index contributed by atoms with van der Waals surface area (Å²) in [7, 11) is 0. The van der Waals surface area contributed by atoms with Crippen LogP contribution in [0.4, 0.5) is 5.69 Å². The Morgan fingerprint density at radius 3 is 2.85 bits per heavy atom. The topological polar surface area (TPSA) is 48.1 Å². The summed E-state index contributed by atoms with van der Waals surface area (Å²) in [5.74, 6) is 0.602. The van der Waals surface area contributed by atoms with Crippen molar-refractivity contribution in [1.82, 2.24) is 4.98 Å². The largest absolute Gasteiger partial charge is 0.473 e. The summed E-state index contributed by atoms with van der Waals surface area (Å²) in [6.07, 6.45) is 3.87. The number of nitrogens with zero attached hydrogens (tertiary/aromatic N) is 1. The van der Waals surface area contributed by atoms with Gasteiger partial charge in [0, 0.05) is 5.69 Å². The highest BCUT2D eigenvalue weighted by Crippen LogP contribution is 2.27. The van der Waals surface area contributed by atoms with Crippen LogP contribution in [0.1, 0.15) is 25.0 Å². The Morgan fingerprint density at radius 1 is 1.46 bits per heavy atom. The molecule has 0 amide bonds. The molecule has 0 atom stereocenters. The lowest BCUT2D eigenvalue weighted by Gasteiger charge is -2.26. The predicted molar refractivity (Wildman–Crippen MR) is 51.7 cm³/mol. The van der Waals surface area contributed by atoms with Crippen molar-refractivity contribution in [3.05, 3.63) is 17.8 Å². The number of anilines is 1. The fourth-order valence-corrected chi connectivity index (χ4v) is 1.28. The Bertz CT molecular complexity index is 308. The molecular formula is C10H14N2O. The van der Waals surface area contributed by atoms with Gasteiger partial charge in [-0.05, 0) is 38.3 Å². The van der Waals surface area contributed by atoms with Gasteiger partial charge >= 0.3 is 0 Å². The van der Waals surface area contributed by atoms with E-state index in [4.69, 9.17) is 10.5 Å². The summed E-state index contributed by atoms with van der Waals surface area (Å²) >= 11 is 0. The molecule has 0 spiro atoms. The Hall–Kier alpha value is -1.25. The van der Waals surface area contributed by atoms with Crippen molar-refractivity contribution >= 4 is 5.69 Å². The second-order valence-electron chi connectivity index (χ2n) is 3.52. The molecule has 0 aliphatic heterocycles. The van der Waals surface area contributed by atoms with Crippen LogP contribution in [0.3, 0.4) is 0 Å². The number of pyridine rings is 1. The molecule has 0 unspecified atom stereocenters. The maximum Gasteiger partial charge on any atom is 0.237 e. The van der Waals surface area contributed by atoms with Crippen LogP contribution >= 0.6 is 0 Å². The number of aromatic nitrogens is 1. The molecule has 1 aromatic rings. The van der Waals surface area contributed by atoms with E-state index in [1.165, 1.54) is 6.42 Å². The molecule has 0 bridgehead atoms. The summed E-state index contributed by atoms with van der Waals surface area (Å²) in [4.78, 5) is 4.25. The quantitative estimate of drug-likeness (QED) is 0.752. The van der Waals surface area contributed by atoms with Crippen LogP contribution in [0.5, 0.6) is 5.88 Å². The first-order valence-corrected chi connectivity index (χ1v) is 4.65. The van der Waals surface area contributed by atoms with E-state index in [2.05, 4.69) is 4.98 Å². The van der Waals surface area contributed by atoms with Gasteiger partial charge in [0.1, 0.15) is 6.10 Å². The average molecular weight is 178 g/mol. The van der Waals surface area contributed by atoms with E-state index in [9.17, 15) is 0 Å². The summed E-state index contributed by atoms with van der Waals surface area (Å²) in [5.41, 5.74) is 7.31. The fourth-order valence-electron chi connectivity index (χ4n) is 1.28. The number of aryl methyl sites for hydroxylation is 1. The second-order valence-corrected chi connectivity index (χ2v) is 3.52. The molecule has 2 rings (SSSR count). The monoisotopic (exact) mass is 178 g/mol. The number of ether oxygens (including phenoxy) is 1. The Kier molecular flexibility index (Phi) is 2.08. The molecule has 2 N–H and O–H groups in total. The van der Waals surface area contributed by atoms with Crippen LogP contribution in [-0.4, -0.2) is 11.1 Å². The highest BCUT2D eigenvalue weighted by Gasteiger charge is 2.20. The predicted octanol–water partition coefficient (Wildman–Crippen LogP) is 1.90. The van der Waals surface area contributed by atoms with Crippen molar-refractivity contribution in [2.45, 2.75) is 32.3 Å². The van der Waals surface area contributed by atoms with Gasteiger partial charge in [0.2, 0.25) is 5.88 Å².